The van der Waals surface area contributed by atoms with E-state index in [-0.39, 0.29) is 5.91 Å². The number of nitrogens with one attached hydrogen (secondary N) is 1. The van der Waals surface area contributed by atoms with Gasteiger partial charge in [0.05, 0.1) is 5.54 Å². The summed E-state index contributed by atoms with van der Waals surface area (Å²) in [6, 6.07) is 15.1. The third-order valence-corrected chi connectivity index (χ3v) is 5.53. The summed E-state index contributed by atoms with van der Waals surface area (Å²) in [7, 11) is 0. The molecule has 0 spiro atoms. The minimum Gasteiger partial charge on any atom is -0.355 e. The minimum absolute atomic E-state index is 0.196. The molecule has 1 heterocycles. The number of hydrogen-bond acceptors (Lipinski definition) is 2. The molecule has 0 bridgehead atoms. The number of carbonyl (C=O) groups excluding carboxylic acids is 1. The normalized spacial score (nSPS) is 21.4. The Labute approximate surface area is 151 Å². The van der Waals surface area contributed by atoms with Crippen molar-refractivity contribution >= 4 is 16.7 Å². The van der Waals surface area contributed by atoms with Gasteiger partial charge in [0, 0.05) is 13.1 Å². The topological polar surface area (TPSA) is 32.3 Å². The van der Waals surface area contributed by atoms with E-state index in [9.17, 15) is 4.79 Å². The Kier molecular flexibility index (Phi) is 5.74. The average molecular weight is 338 g/mol. The molecule has 1 saturated heterocycles. The summed E-state index contributed by atoms with van der Waals surface area (Å²) in [4.78, 5) is 15.2. The fourth-order valence-corrected chi connectivity index (χ4v) is 3.81. The fourth-order valence-electron chi connectivity index (χ4n) is 3.81. The van der Waals surface area contributed by atoms with Crippen LogP contribution in [0.15, 0.2) is 42.5 Å². The van der Waals surface area contributed by atoms with Crippen LogP contribution in [-0.2, 0) is 11.3 Å². The summed E-state index contributed by atoms with van der Waals surface area (Å²) in [6.45, 7) is 6.89. The number of likely N-dealkylation sites (tertiary alicyclic amines) is 1. The van der Waals surface area contributed by atoms with Gasteiger partial charge in [-0.05, 0) is 61.6 Å². The highest BCUT2D eigenvalue weighted by molar-refractivity contribution is 5.86. The minimum atomic E-state index is -0.391. The van der Waals surface area contributed by atoms with Crippen molar-refractivity contribution in [1.82, 2.24) is 10.2 Å². The standard InChI is InChI=1S/C22H30N2O/c1-3-4-14-23-21(25)22(2)13-7-8-15-24(22)17-18-11-12-19-9-5-6-10-20(19)16-18/h5-6,9-12,16H,3-4,7-8,13-15,17H2,1-2H3,(H,23,25). The van der Waals surface area contributed by atoms with E-state index in [1.54, 1.807) is 0 Å². The van der Waals surface area contributed by atoms with Crippen LogP contribution in [-0.4, -0.2) is 29.4 Å². The number of benzene rings is 2. The van der Waals surface area contributed by atoms with Crippen LogP contribution in [0.3, 0.4) is 0 Å². The van der Waals surface area contributed by atoms with Gasteiger partial charge >= 0.3 is 0 Å². The Balaban J connectivity index is 1.76. The number of carbonyl (C=O) groups is 1. The molecule has 1 aliphatic rings. The molecule has 2 aromatic rings. The monoisotopic (exact) mass is 338 g/mol. The third kappa shape index (κ3) is 4.04. The molecule has 3 heteroatoms. The second kappa shape index (κ2) is 8.01. The first-order valence-electron chi connectivity index (χ1n) is 9.64. The number of piperidine rings is 1. The van der Waals surface area contributed by atoms with Crippen LogP contribution in [0, 0.1) is 0 Å². The highest BCUT2D eigenvalue weighted by Crippen LogP contribution is 2.30. The van der Waals surface area contributed by atoms with E-state index in [1.807, 2.05) is 0 Å². The van der Waals surface area contributed by atoms with Crippen LogP contribution in [0.2, 0.25) is 0 Å². The average Bonchev–Trinajstić information content (AvgIpc) is 2.63. The van der Waals surface area contributed by atoms with Crippen LogP contribution in [0.5, 0.6) is 0 Å². The van der Waals surface area contributed by atoms with Crippen molar-refractivity contribution in [3.63, 3.8) is 0 Å². The summed E-state index contributed by atoms with van der Waals surface area (Å²) in [5.41, 5.74) is 0.894. The lowest BCUT2D eigenvalue weighted by molar-refractivity contribution is -0.135. The number of fused-ring (bicyclic) bond motifs is 1. The zero-order chi connectivity index (χ0) is 17.7. The predicted molar refractivity (Wildman–Crippen MR) is 105 cm³/mol. The first kappa shape index (κ1) is 17.9. The van der Waals surface area contributed by atoms with Gasteiger partial charge in [-0.3, -0.25) is 9.69 Å². The number of nitrogens with zero attached hydrogens (tertiary/aromatic N) is 1. The highest BCUT2D eigenvalue weighted by atomic mass is 16.2. The molecule has 2 aromatic carbocycles. The zero-order valence-electron chi connectivity index (χ0n) is 15.6. The number of amides is 1. The lowest BCUT2D eigenvalue weighted by Gasteiger charge is -2.43. The van der Waals surface area contributed by atoms with Gasteiger partial charge in [-0.1, -0.05) is 49.7 Å². The van der Waals surface area contributed by atoms with Crippen molar-refractivity contribution in [3.8, 4) is 0 Å². The summed E-state index contributed by atoms with van der Waals surface area (Å²) in [6.07, 6.45) is 5.40. The van der Waals surface area contributed by atoms with Crippen LogP contribution in [0.25, 0.3) is 10.8 Å². The van der Waals surface area contributed by atoms with Crippen molar-refractivity contribution in [2.45, 2.75) is 58.0 Å². The van der Waals surface area contributed by atoms with Crippen molar-refractivity contribution in [3.05, 3.63) is 48.0 Å². The fraction of sp³-hybridized carbons (Fsp3) is 0.500. The number of unbranched alkanes of at least 4 members (excludes halogenated alkanes) is 1. The third-order valence-electron chi connectivity index (χ3n) is 5.53. The van der Waals surface area contributed by atoms with Crippen molar-refractivity contribution in [1.29, 1.82) is 0 Å². The van der Waals surface area contributed by atoms with E-state index < -0.39 is 5.54 Å². The van der Waals surface area contributed by atoms with E-state index in [4.69, 9.17) is 0 Å². The van der Waals surface area contributed by atoms with Crippen LogP contribution in [0.1, 0.15) is 51.5 Å². The summed E-state index contributed by atoms with van der Waals surface area (Å²) in [5.74, 6) is 0.196. The number of hydrogen-bond donors (Lipinski definition) is 1. The molecule has 25 heavy (non-hydrogen) atoms. The Morgan fingerprint density at radius 1 is 1.16 bits per heavy atom. The van der Waals surface area contributed by atoms with E-state index in [0.717, 1.165) is 45.3 Å². The predicted octanol–water partition coefficient (Wildman–Crippen LogP) is 4.50. The summed E-state index contributed by atoms with van der Waals surface area (Å²) < 4.78 is 0. The molecule has 1 amide bonds. The van der Waals surface area contributed by atoms with E-state index in [1.165, 1.54) is 22.8 Å². The maximum Gasteiger partial charge on any atom is 0.240 e. The molecule has 134 valence electrons. The van der Waals surface area contributed by atoms with E-state index >= 15 is 0 Å². The van der Waals surface area contributed by atoms with E-state index in [0.29, 0.717) is 0 Å². The molecule has 1 fully saturated rings. The smallest absolute Gasteiger partial charge is 0.240 e. The maximum atomic E-state index is 12.9. The summed E-state index contributed by atoms with van der Waals surface area (Å²) in [5, 5.41) is 5.70. The molecule has 1 N–H and O–H groups in total. The van der Waals surface area contributed by atoms with Crippen LogP contribution < -0.4 is 5.32 Å². The van der Waals surface area contributed by atoms with Gasteiger partial charge in [0.25, 0.3) is 0 Å². The molecular formula is C22H30N2O. The van der Waals surface area contributed by atoms with Crippen LogP contribution >= 0.6 is 0 Å². The van der Waals surface area contributed by atoms with Crippen molar-refractivity contribution in [2.24, 2.45) is 0 Å². The van der Waals surface area contributed by atoms with Gasteiger partial charge in [-0.15, -0.1) is 0 Å². The highest BCUT2D eigenvalue weighted by Gasteiger charge is 2.40. The number of rotatable bonds is 6. The first-order chi connectivity index (χ1) is 12.1. The summed E-state index contributed by atoms with van der Waals surface area (Å²) >= 11 is 0. The maximum absolute atomic E-state index is 12.9. The van der Waals surface area contributed by atoms with Gasteiger partial charge in [-0.2, -0.15) is 0 Å². The van der Waals surface area contributed by atoms with Crippen molar-refractivity contribution < 1.29 is 4.79 Å². The molecule has 1 atom stereocenters. The molecule has 1 unspecified atom stereocenters. The second-order valence-electron chi connectivity index (χ2n) is 7.44. The van der Waals surface area contributed by atoms with Gasteiger partial charge < -0.3 is 5.32 Å². The van der Waals surface area contributed by atoms with Crippen LogP contribution in [0.4, 0.5) is 0 Å². The quantitative estimate of drug-likeness (QED) is 0.787. The molecule has 0 radical (unpaired) electrons. The Hall–Kier alpha value is -1.87. The molecule has 0 aliphatic carbocycles. The molecule has 0 saturated carbocycles. The lowest BCUT2D eigenvalue weighted by Crippen LogP contribution is -2.58. The van der Waals surface area contributed by atoms with Crippen molar-refractivity contribution in [2.75, 3.05) is 13.1 Å². The first-order valence-corrected chi connectivity index (χ1v) is 9.64. The molecular weight excluding hydrogens is 308 g/mol. The largest absolute Gasteiger partial charge is 0.355 e. The van der Waals surface area contributed by atoms with Gasteiger partial charge in [0.2, 0.25) is 5.91 Å². The second-order valence-corrected chi connectivity index (χ2v) is 7.44. The Bertz CT molecular complexity index is 727. The van der Waals surface area contributed by atoms with Gasteiger partial charge in [-0.25, -0.2) is 0 Å². The molecule has 1 aliphatic heterocycles. The Morgan fingerprint density at radius 3 is 2.76 bits per heavy atom. The van der Waals surface area contributed by atoms with Gasteiger partial charge in [0.1, 0.15) is 0 Å². The van der Waals surface area contributed by atoms with Gasteiger partial charge in [0.15, 0.2) is 0 Å². The lowest BCUT2D eigenvalue weighted by atomic mass is 9.86. The Morgan fingerprint density at radius 2 is 1.96 bits per heavy atom. The van der Waals surface area contributed by atoms with E-state index in [2.05, 4.69) is 66.5 Å². The SMILES string of the molecule is CCCCNC(=O)C1(C)CCCCN1Cc1ccc2ccccc2c1. The molecule has 3 rings (SSSR count). The zero-order valence-corrected chi connectivity index (χ0v) is 15.6. The molecule has 0 aromatic heterocycles. The molecule has 3 nitrogen and oxygen atoms in total.